The van der Waals surface area contributed by atoms with Gasteiger partial charge >= 0.3 is 0 Å². The van der Waals surface area contributed by atoms with Gasteiger partial charge in [-0.15, -0.1) is 0 Å². The molecule has 43 heavy (non-hydrogen) atoms. The van der Waals surface area contributed by atoms with Crippen LogP contribution in [0.5, 0.6) is 0 Å². The van der Waals surface area contributed by atoms with E-state index in [2.05, 4.69) is 65.2 Å². The SMILES string of the molecule is c1ccc(-c2ccc3c(c2)c2cc(-c4nc(-c5ccccc5)nc(-c5ccccc5)n4)ccc2n3-c2ccccn2)cc1. The van der Waals surface area contributed by atoms with Crippen LogP contribution in [0.2, 0.25) is 0 Å². The molecule has 0 aliphatic heterocycles. The van der Waals surface area contributed by atoms with Crippen molar-refractivity contribution >= 4 is 21.8 Å². The summed E-state index contributed by atoms with van der Waals surface area (Å²) in [5.41, 5.74) is 7.33. The molecule has 5 nitrogen and oxygen atoms in total. The van der Waals surface area contributed by atoms with Gasteiger partial charge in [0, 0.05) is 33.7 Å². The zero-order valence-corrected chi connectivity index (χ0v) is 23.2. The lowest BCUT2D eigenvalue weighted by molar-refractivity contribution is 1.07. The van der Waals surface area contributed by atoms with Crippen molar-refractivity contribution in [2.45, 2.75) is 0 Å². The van der Waals surface area contributed by atoms with Crippen LogP contribution in [-0.2, 0) is 0 Å². The summed E-state index contributed by atoms with van der Waals surface area (Å²) in [5, 5.41) is 2.25. The van der Waals surface area contributed by atoms with E-state index in [0.717, 1.165) is 49.9 Å². The van der Waals surface area contributed by atoms with Gasteiger partial charge in [-0.1, -0.05) is 103 Å². The van der Waals surface area contributed by atoms with Crippen molar-refractivity contribution in [1.29, 1.82) is 0 Å². The predicted molar refractivity (Wildman–Crippen MR) is 174 cm³/mol. The molecule has 0 atom stereocenters. The van der Waals surface area contributed by atoms with E-state index < -0.39 is 0 Å². The highest BCUT2D eigenvalue weighted by molar-refractivity contribution is 6.11. The average molecular weight is 552 g/mol. The molecule has 0 bridgehead atoms. The van der Waals surface area contributed by atoms with Gasteiger partial charge in [0.2, 0.25) is 0 Å². The molecule has 3 heterocycles. The first kappa shape index (κ1) is 24.8. The van der Waals surface area contributed by atoms with Gasteiger partial charge in [0.05, 0.1) is 11.0 Å². The Labute approximate surface area is 248 Å². The highest BCUT2D eigenvalue weighted by atomic mass is 15.1. The maximum Gasteiger partial charge on any atom is 0.164 e. The second kappa shape index (κ2) is 10.5. The Morgan fingerprint density at radius 3 is 1.37 bits per heavy atom. The van der Waals surface area contributed by atoms with Crippen LogP contribution in [0, 0.1) is 0 Å². The van der Waals surface area contributed by atoms with E-state index >= 15 is 0 Å². The van der Waals surface area contributed by atoms with Crippen LogP contribution in [0.25, 0.3) is 72.9 Å². The summed E-state index contributed by atoms with van der Waals surface area (Å²) in [4.78, 5) is 19.5. The minimum Gasteiger partial charge on any atom is -0.294 e. The van der Waals surface area contributed by atoms with Gasteiger partial charge in [-0.2, -0.15) is 0 Å². The molecule has 0 fully saturated rings. The summed E-state index contributed by atoms with van der Waals surface area (Å²) >= 11 is 0. The van der Waals surface area contributed by atoms with Crippen LogP contribution in [0.3, 0.4) is 0 Å². The van der Waals surface area contributed by atoms with Crippen LogP contribution in [0.15, 0.2) is 152 Å². The van der Waals surface area contributed by atoms with Gasteiger partial charge in [0.1, 0.15) is 5.82 Å². The summed E-state index contributed by atoms with van der Waals surface area (Å²) in [7, 11) is 0. The molecule has 0 spiro atoms. The largest absolute Gasteiger partial charge is 0.294 e. The molecule has 202 valence electrons. The molecule has 0 radical (unpaired) electrons. The fourth-order valence-electron chi connectivity index (χ4n) is 5.64. The molecule has 0 saturated heterocycles. The lowest BCUT2D eigenvalue weighted by Gasteiger charge is -2.09. The van der Waals surface area contributed by atoms with Crippen molar-refractivity contribution in [2.24, 2.45) is 0 Å². The molecular weight excluding hydrogens is 526 g/mol. The van der Waals surface area contributed by atoms with E-state index in [9.17, 15) is 0 Å². The van der Waals surface area contributed by atoms with Gasteiger partial charge in [0.15, 0.2) is 17.5 Å². The molecule has 0 unspecified atom stereocenters. The Kier molecular flexibility index (Phi) is 6.05. The summed E-state index contributed by atoms with van der Waals surface area (Å²) in [6.07, 6.45) is 1.83. The molecule has 0 saturated carbocycles. The second-order valence-electron chi connectivity index (χ2n) is 10.4. The number of benzene rings is 5. The molecule has 3 aromatic heterocycles. The third-order valence-corrected chi connectivity index (χ3v) is 7.71. The molecule has 5 aromatic carbocycles. The molecule has 0 N–H and O–H groups in total. The third kappa shape index (κ3) is 4.53. The second-order valence-corrected chi connectivity index (χ2v) is 10.4. The molecule has 0 amide bonds. The van der Waals surface area contributed by atoms with Crippen LogP contribution in [0.4, 0.5) is 0 Å². The Morgan fingerprint density at radius 2 is 0.837 bits per heavy atom. The lowest BCUT2D eigenvalue weighted by atomic mass is 10.0. The fraction of sp³-hybridized carbons (Fsp3) is 0. The molecule has 5 heteroatoms. The quantitative estimate of drug-likeness (QED) is 0.214. The standard InChI is InChI=1S/C38H25N5/c1-4-12-26(13-5-1)29-19-21-33-31(24-29)32-25-30(20-22-34(32)43(33)35-18-10-11-23-39-35)38-41-36(27-14-6-2-7-15-27)40-37(42-38)28-16-8-3-9-17-28/h1-25H. The third-order valence-electron chi connectivity index (χ3n) is 7.71. The number of aromatic nitrogens is 5. The Bertz CT molecular complexity index is 2150. The number of hydrogen-bond donors (Lipinski definition) is 0. The van der Waals surface area contributed by atoms with Crippen LogP contribution in [-0.4, -0.2) is 24.5 Å². The lowest BCUT2D eigenvalue weighted by Crippen LogP contribution is -2.00. The van der Waals surface area contributed by atoms with Gasteiger partial charge < -0.3 is 0 Å². The van der Waals surface area contributed by atoms with Crippen molar-refractivity contribution in [3.63, 3.8) is 0 Å². The van der Waals surface area contributed by atoms with Gasteiger partial charge in [0.25, 0.3) is 0 Å². The maximum absolute atomic E-state index is 4.98. The smallest absolute Gasteiger partial charge is 0.164 e. The van der Waals surface area contributed by atoms with Crippen molar-refractivity contribution in [3.05, 3.63) is 152 Å². The molecular formula is C38H25N5. The van der Waals surface area contributed by atoms with Crippen LogP contribution >= 0.6 is 0 Å². The van der Waals surface area contributed by atoms with Gasteiger partial charge in [-0.05, 0) is 53.6 Å². The van der Waals surface area contributed by atoms with Crippen molar-refractivity contribution in [1.82, 2.24) is 24.5 Å². The number of fused-ring (bicyclic) bond motifs is 3. The summed E-state index contributed by atoms with van der Waals surface area (Å²) in [5.74, 6) is 2.80. The Morgan fingerprint density at radius 1 is 0.372 bits per heavy atom. The summed E-state index contributed by atoms with van der Waals surface area (Å²) in [6.45, 7) is 0. The van der Waals surface area contributed by atoms with E-state index in [1.54, 1.807) is 0 Å². The average Bonchev–Trinajstić information content (AvgIpc) is 3.42. The first-order valence-corrected chi connectivity index (χ1v) is 14.2. The number of nitrogens with zero attached hydrogens (tertiary/aromatic N) is 5. The first-order valence-electron chi connectivity index (χ1n) is 14.2. The topological polar surface area (TPSA) is 56.5 Å². The highest BCUT2D eigenvalue weighted by Crippen LogP contribution is 2.36. The predicted octanol–water partition coefficient (Wildman–Crippen LogP) is 9.03. The normalized spacial score (nSPS) is 11.3. The summed E-state index contributed by atoms with van der Waals surface area (Å²) < 4.78 is 2.22. The first-order chi connectivity index (χ1) is 21.3. The van der Waals surface area contributed by atoms with E-state index in [-0.39, 0.29) is 0 Å². The van der Waals surface area contributed by atoms with Crippen molar-refractivity contribution in [3.8, 4) is 51.1 Å². The Hall–Kier alpha value is -5.94. The zero-order chi connectivity index (χ0) is 28.6. The van der Waals surface area contributed by atoms with Crippen molar-refractivity contribution in [2.75, 3.05) is 0 Å². The number of rotatable bonds is 5. The molecule has 0 aliphatic carbocycles. The zero-order valence-electron chi connectivity index (χ0n) is 23.2. The molecule has 8 rings (SSSR count). The maximum atomic E-state index is 4.98. The number of pyridine rings is 1. The van der Waals surface area contributed by atoms with Gasteiger partial charge in [-0.25, -0.2) is 19.9 Å². The highest BCUT2D eigenvalue weighted by Gasteiger charge is 2.17. The molecule has 0 aliphatic rings. The Balaban J connectivity index is 1.37. The summed E-state index contributed by atoms with van der Waals surface area (Å²) in [6, 6.07) is 49.7. The minimum absolute atomic E-state index is 0.632. The number of hydrogen-bond acceptors (Lipinski definition) is 4. The fourth-order valence-corrected chi connectivity index (χ4v) is 5.64. The van der Waals surface area contributed by atoms with Crippen molar-refractivity contribution < 1.29 is 0 Å². The van der Waals surface area contributed by atoms with Crippen LogP contribution in [0.1, 0.15) is 0 Å². The monoisotopic (exact) mass is 551 g/mol. The van der Waals surface area contributed by atoms with E-state index in [4.69, 9.17) is 19.9 Å². The van der Waals surface area contributed by atoms with E-state index in [1.165, 1.54) is 5.56 Å². The van der Waals surface area contributed by atoms with Crippen LogP contribution < -0.4 is 0 Å². The molecule has 8 aromatic rings. The van der Waals surface area contributed by atoms with E-state index in [0.29, 0.717) is 17.5 Å². The van der Waals surface area contributed by atoms with E-state index in [1.807, 2.05) is 91.1 Å². The van der Waals surface area contributed by atoms with Gasteiger partial charge in [-0.3, -0.25) is 4.57 Å². The minimum atomic E-state index is 0.632.